The van der Waals surface area contributed by atoms with E-state index in [1.165, 1.54) is 11.1 Å². The number of carbonyl (C=O) groups is 1. The molecule has 2 aromatic carbocycles. The fourth-order valence-corrected chi connectivity index (χ4v) is 2.96. The molecular formula is C24H30N2O. The topological polar surface area (TPSA) is 53.3 Å². The van der Waals surface area contributed by atoms with Crippen molar-refractivity contribution in [3.8, 4) is 0 Å². The zero-order valence-electron chi connectivity index (χ0n) is 16.4. The van der Waals surface area contributed by atoms with Gasteiger partial charge in [-0.2, -0.15) is 0 Å². The monoisotopic (exact) mass is 362 g/mol. The van der Waals surface area contributed by atoms with Crippen LogP contribution in [0.2, 0.25) is 0 Å². The van der Waals surface area contributed by atoms with Crippen LogP contribution in [0, 0.1) is 17.2 Å². The summed E-state index contributed by atoms with van der Waals surface area (Å²) in [6, 6.07) is 20.6. The number of aliphatic imine (C=N–C) groups is 1. The fraction of sp³-hybridized carbons (Fsp3) is 0.375. The van der Waals surface area contributed by atoms with Crippen LogP contribution in [0.3, 0.4) is 0 Å². The molecule has 0 aliphatic carbocycles. The van der Waals surface area contributed by atoms with E-state index in [9.17, 15) is 4.79 Å². The molecule has 0 radical (unpaired) electrons. The average Bonchev–Trinajstić information content (AvgIpc) is 2.70. The van der Waals surface area contributed by atoms with Gasteiger partial charge in [-0.25, -0.2) is 4.99 Å². The number of ketones is 1. The molecule has 0 fully saturated rings. The minimum Gasteiger partial charge on any atom is -0.291 e. The van der Waals surface area contributed by atoms with Crippen LogP contribution in [0.25, 0.3) is 0 Å². The number of rotatable bonds is 10. The Bertz CT molecular complexity index is 737. The van der Waals surface area contributed by atoms with E-state index in [0.29, 0.717) is 6.42 Å². The van der Waals surface area contributed by atoms with Gasteiger partial charge in [-0.15, -0.1) is 0 Å². The number of nitrogens with one attached hydrogen (secondary N) is 1. The lowest BCUT2D eigenvalue weighted by atomic mass is 9.96. The minimum atomic E-state index is -0.165. The van der Waals surface area contributed by atoms with Gasteiger partial charge in [0.15, 0.2) is 11.6 Å². The van der Waals surface area contributed by atoms with Gasteiger partial charge in [-0.1, -0.05) is 74.5 Å². The summed E-state index contributed by atoms with van der Waals surface area (Å²) in [6.07, 6.45) is 5.98. The highest BCUT2D eigenvalue weighted by Gasteiger charge is 2.13. The second-order valence-electron chi connectivity index (χ2n) is 7.39. The molecule has 0 spiro atoms. The van der Waals surface area contributed by atoms with Gasteiger partial charge in [0, 0.05) is 12.6 Å². The quantitative estimate of drug-likeness (QED) is 0.438. The van der Waals surface area contributed by atoms with Crippen LogP contribution in [0.15, 0.2) is 65.7 Å². The van der Waals surface area contributed by atoms with Crippen LogP contribution >= 0.6 is 0 Å². The molecule has 0 aliphatic heterocycles. The summed E-state index contributed by atoms with van der Waals surface area (Å²) in [5, 5.41) is 7.93. The Kier molecular flexibility index (Phi) is 8.63. The summed E-state index contributed by atoms with van der Waals surface area (Å²) in [5.41, 5.74) is 2.59. The summed E-state index contributed by atoms with van der Waals surface area (Å²) in [6.45, 7) is 4.15. The lowest BCUT2D eigenvalue weighted by Gasteiger charge is -2.10. The molecule has 3 nitrogen and oxygen atoms in total. The fourth-order valence-electron chi connectivity index (χ4n) is 2.96. The van der Waals surface area contributed by atoms with E-state index >= 15 is 0 Å². The van der Waals surface area contributed by atoms with Crippen molar-refractivity contribution in [3.63, 3.8) is 0 Å². The Hall–Kier alpha value is -2.55. The molecule has 2 aromatic rings. The molecule has 0 bridgehead atoms. The van der Waals surface area contributed by atoms with Crippen molar-refractivity contribution in [3.05, 3.63) is 71.8 Å². The first kappa shape index (κ1) is 20.8. The van der Waals surface area contributed by atoms with Gasteiger partial charge in [-0.05, 0) is 48.6 Å². The maximum absolute atomic E-state index is 12.2. The Morgan fingerprint density at radius 3 is 2.00 bits per heavy atom. The van der Waals surface area contributed by atoms with E-state index < -0.39 is 0 Å². The molecule has 0 heterocycles. The third-order valence-electron chi connectivity index (χ3n) is 4.76. The first-order valence-corrected chi connectivity index (χ1v) is 9.78. The molecule has 142 valence electrons. The van der Waals surface area contributed by atoms with E-state index in [1.807, 2.05) is 36.4 Å². The predicted octanol–water partition coefficient (Wildman–Crippen LogP) is 5.53. The normalized spacial score (nSPS) is 13.4. The first-order valence-electron chi connectivity index (χ1n) is 9.78. The summed E-state index contributed by atoms with van der Waals surface area (Å²) in [5.74, 6) is 0.216. The summed E-state index contributed by atoms with van der Waals surface area (Å²) < 4.78 is 0. The SMILES string of the molecule is CC(CCc1ccccc1)CC(=O)C(=N)N=C[C@@H](C)CCc1ccccc1. The Labute approximate surface area is 163 Å². The standard InChI is InChI=1S/C24H30N2O/c1-19(13-15-21-9-5-3-6-10-21)17-23(27)24(25)26-18-20(2)14-16-22-11-7-4-8-12-22/h3-12,18-20,25H,13-17H2,1-2H3/t19?,20-/m0/s1. The molecule has 1 N–H and O–H groups in total. The Morgan fingerprint density at radius 2 is 1.44 bits per heavy atom. The van der Waals surface area contributed by atoms with Gasteiger partial charge in [-0.3, -0.25) is 10.2 Å². The number of carbonyl (C=O) groups excluding carboxylic acids is 1. The van der Waals surface area contributed by atoms with E-state index in [2.05, 4.69) is 43.1 Å². The van der Waals surface area contributed by atoms with E-state index in [-0.39, 0.29) is 23.5 Å². The molecule has 0 saturated heterocycles. The zero-order valence-corrected chi connectivity index (χ0v) is 16.4. The van der Waals surface area contributed by atoms with Crippen LogP contribution in [-0.4, -0.2) is 17.8 Å². The molecule has 0 amide bonds. The second-order valence-corrected chi connectivity index (χ2v) is 7.39. The molecular weight excluding hydrogens is 332 g/mol. The van der Waals surface area contributed by atoms with Gasteiger partial charge >= 0.3 is 0 Å². The van der Waals surface area contributed by atoms with Gasteiger partial charge < -0.3 is 0 Å². The lowest BCUT2D eigenvalue weighted by Crippen LogP contribution is -2.15. The summed E-state index contributed by atoms with van der Waals surface area (Å²) in [4.78, 5) is 16.3. The Morgan fingerprint density at radius 1 is 0.926 bits per heavy atom. The van der Waals surface area contributed by atoms with Crippen molar-refractivity contribution in [2.24, 2.45) is 16.8 Å². The largest absolute Gasteiger partial charge is 0.291 e. The molecule has 1 unspecified atom stereocenters. The molecule has 3 heteroatoms. The summed E-state index contributed by atoms with van der Waals surface area (Å²) in [7, 11) is 0. The van der Waals surface area contributed by atoms with Crippen molar-refractivity contribution in [2.75, 3.05) is 0 Å². The van der Waals surface area contributed by atoms with Crippen LogP contribution in [0.4, 0.5) is 0 Å². The van der Waals surface area contributed by atoms with Crippen molar-refractivity contribution in [1.29, 1.82) is 5.41 Å². The van der Waals surface area contributed by atoms with Crippen molar-refractivity contribution >= 4 is 17.8 Å². The van der Waals surface area contributed by atoms with Crippen LogP contribution in [0.1, 0.15) is 44.2 Å². The molecule has 2 rings (SSSR count). The van der Waals surface area contributed by atoms with Gasteiger partial charge in [0.05, 0.1) is 0 Å². The maximum Gasteiger partial charge on any atom is 0.199 e. The number of aryl methyl sites for hydroxylation is 2. The minimum absolute atomic E-state index is 0.117. The third-order valence-corrected chi connectivity index (χ3v) is 4.76. The highest BCUT2D eigenvalue weighted by molar-refractivity contribution is 6.38. The first-order chi connectivity index (χ1) is 13.0. The van der Waals surface area contributed by atoms with Crippen molar-refractivity contribution in [2.45, 2.75) is 46.0 Å². The smallest absolute Gasteiger partial charge is 0.199 e. The van der Waals surface area contributed by atoms with E-state index in [4.69, 9.17) is 5.41 Å². The predicted molar refractivity (Wildman–Crippen MR) is 114 cm³/mol. The third kappa shape index (κ3) is 8.12. The molecule has 2 atom stereocenters. The number of nitrogens with zero attached hydrogens (tertiary/aromatic N) is 1. The summed E-state index contributed by atoms with van der Waals surface area (Å²) >= 11 is 0. The number of benzene rings is 2. The zero-order chi connectivity index (χ0) is 19.5. The van der Waals surface area contributed by atoms with Crippen LogP contribution in [-0.2, 0) is 17.6 Å². The van der Waals surface area contributed by atoms with Gasteiger partial charge in [0.25, 0.3) is 0 Å². The Balaban J connectivity index is 1.70. The molecule has 0 aromatic heterocycles. The number of hydrogen-bond donors (Lipinski definition) is 1. The number of Topliss-reactive ketones (excluding diaryl/α,β-unsaturated/α-hetero) is 1. The van der Waals surface area contributed by atoms with E-state index in [0.717, 1.165) is 25.7 Å². The highest BCUT2D eigenvalue weighted by atomic mass is 16.1. The lowest BCUT2D eigenvalue weighted by molar-refractivity contribution is -0.113. The second kappa shape index (κ2) is 11.2. The van der Waals surface area contributed by atoms with Crippen molar-refractivity contribution < 1.29 is 4.79 Å². The van der Waals surface area contributed by atoms with Gasteiger partial charge in [0.1, 0.15) is 0 Å². The highest BCUT2D eigenvalue weighted by Crippen LogP contribution is 2.14. The maximum atomic E-state index is 12.2. The van der Waals surface area contributed by atoms with Crippen LogP contribution < -0.4 is 0 Å². The molecule has 0 saturated carbocycles. The van der Waals surface area contributed by atoms with E-state index in [1.54, 1.807) is 6.21 Å². The molecule has 0 aliphatic rings. The number of amidine groups is 1. The van der Waals surface area contributed by atoms with Gasteiger partial charge in [0.2, 0.25) is 0 Å². The van der Waals surface area contributed by atoms with Crippen molar-refractivity contribution in [1.82, 2.24) is 0 Å². The molecule has 27 heavy (non-hydrogen) atoms. The average molecular weight is 363 g/mol. The number of hydrogen-bond acceptors (Lipinski definition) is 2. The van der Waals surface area contributed by atoms with Crippen LogP contribution in [0.5, 0.6) is 0 Å².